The van der Waals surface area contributed by atoms with E-state index in [1.807, 2.05) is 0 Å². The molecule has 0 aliphatic carbocycles. The fourth-order valence-electron chi connectivity index (χ4n) is 1.94. The van der Waals surface area contributed by atoms with Crippen LogP contribution in [-0.4, -0.2) is 25.5 Å². The van der Waals surface area contributed by atoms with Crippen LogP contribution < -0.4 is 10.2 Å². The predicted molar refractivity (Wildman–Crippen MR) is 54.6 cm³/mol. The Morgan fingerprint density at radius 3 is 3.23 bits per heavy atom. The third-order valence-corrected chi connectivity index (χ3v) is 2.56. The molecule has 1 aromatic rings. The van der Waals surface area contributed by atoms with Crippen LogP contribution in [0.4, 0.5) is 11.4 Å². The van der Waals surface area contributed by atoms with E-state index < -0.39 is 0 Å². The molecule has 0 amide bonds. The van der Waals surface area contributed by atoms with Crippen LogP contribution in [0, 0.1) is 0 Å². The van der Waals surface area contributed by atoms with Gasteiger partial charge in [0.05, 0.1) is 24.5 Å². The second-order valence-corrected chi connectivity index (χ2v) is 3.32. The molecule has 3 heteroatoms. The Bertz CT molecular complexity index is 370. The van der Waals surface area contributed by atoms with Gasteiger partial charge in [-0.15, -0.1) is 0 Å². The fourth-order valence-corrected chi connectivity index (χ4v) is 1.94. The van der Waals surface area contributed by atoms with Crippen molar-refractivity contribution in [3.63, 3.8) is 0 Å². The van der Waals surface area contributed by atoms with Gasteiger partial charge < -0.3 is 10.2 Å². The average Bonchev–Trinajstić information content (AvgIpc) is 2.65. The summed E-state index contributed by atoms with van der Waals surface area (Å²) in [7, 11) is 0. The van der Waals surface area contributed by atoms with Gasteiger partial charge in [0, 0.05) is 6.54 Å². The van der Waals surface area contributed by atoms with E-state index in [9.17, 15) is 0 Å². The van der Waals surface area contributed by atoms with Crippen molar-refractivity contribution < 1.29 is 0 Å². The summed E-state index contributed by atoms with van der Waals surface area (Å²) in [5, 5.41) is 3.36. The number of nitrogens with one attached hydrogen (secondary N) is 1. The van der Waals surface area contributed by atoms with Gasteiger partial charge >= 0.3 is 0 Å². The monoisotopic (exact) mass is 173 g/mol. The topological polar surface area (TPSA) is 27.6 Å². The van der Waals surface area contributed by atoms with Gasteiger partial charge in [-0.25, -0.2) is 0 Å². The zero-order chi connectivity index (χ0) is 8.67. The molecule has 0 saturated heterocycles. The molecule has 0 saturated carbocycles. The standard InChI is InChI=1S/C10H11N3/c1-2-4-9-8(3-1)12-7-10-11-5-6-13(9)10/h1-4,12H,5-7H2. The number of benzene rings is 1. The van der Waals surface area contributed by atoms with Crippen LogP contribution in [0.3, 0.4) is 0 Å². The molecule has 0 bridgehead atoms. The smallest absolute Gasteiger partial charge is 0.123 e. The van der Waals surface area contributed by atoms with Crippen LogP contribution in [0.25, 0.3) is 0 Å². The molecule has 2 heterocycles. The first-order chi connectivity index (χ1) is 6.45. The molecule has 1 N–H and O–H groups in total. The van der Waals surface area contributed by atoms with E-state index in [-0.39, 0.29) is 0 Å². The number of anilines is 2. The number of fused-ring (bicyclic) bond motifs is 3. The summed E-state index contributed by atoms with van der Waals surface area (Å²) in [5.41, 5.74) is 2.49. The molecular weight excluding hydrogens is 162 g/mol. The number of hydrogen-bond acceptors (Lipinski definition) is 3. The Morgan fingerprint density at radius 1 is 1.31 bits per heavy atom. The average molecular weight is 173 g/mol. The minimum atomic E-state index is 0.872. The van der Waals surface area contributed by atoms with Gasteiger partial charge in [-0.2, -0.15) is 0 Å². The van der Waals surface area contributed by atoms with E-state index in [4.69, 9.17) is 0 Å². The number of aliphatic imine (C=N–C) groups is 1. The minimum Gasteiger partial charge on any atom is -0.376 e. The van der Waals surface area contributed by atoms with E-state index in [0.717, 1.165) is 19.6 Å². The van der Waals surface area contributed by atoms with Crippen molar-refractivity contribution >= 4 is 17.2 Å². The van der Waals surface area contributed by atoms with Gasteiger partial charge in [0.1, 0.15) is 5.84 Å². The van der Waals surface area contributed by atoms with Crippen LogP contribution in [-0.2, 0) is 0 Å². The lowest BCUT2D eigenvalue weighted by atomic mass is 10.2. The number of nitrogens with zero attached hydrogens (tertiary/aromatic N) is 2. The normalized spacial score (nSPS) is 18.8. The molecule has 0 spiro atoms. The van der Waals surface area contributed by atoms with E-state index in [1.165, 1.54) is 17.2 Å². The van der Waals surface area contributed by atoms with E-state index in [2.05, 4.69) is 39.5 Å². The molecule has 0 atom stereocenters. The van der Waals surface area contributed by atoms with Crippen molar-refractivity contribution in [2.24, 2.45) is 4.99 Å². The van der Waals surface area contributed by atoms with Gasteiger partial charge in [-0.1, -0.05) is 12.1 Å². The van der Waals surface area contributed by atoms with Gasteiger partial charge in [0.15, 0.2) is 0 Å². The van der Waals surface area contributed by atoms with Crippen molar-refractivity contribution in [3.05, 3.63) is 24.3 Å². The zero-order valence-corrected chi connectivity index (χ0v) is 7.33. The fraction of sp³-hybridized carbons (Fsp3) is 0.300. The number of rotatable bonds is 0. The van der Waals surface area contributed by atoms with Gasteiger partial charge in [-0.3, -0.25) is 4.99 Å². The van der Waals surface area contributed by atoms with Crippen LogP contribution in [0.2, 0.25) is 0 Å². The molecule has 2 aliphatic rings. The maximum atomic E-state index is 4.44. The predicted octanol–water partition coefficient (Wildman–Crippen LogP) is 1.33. The van der Waals surface area contributed by atoms with E-state index in [1.54, 1.807) is 0 Å². The van der Waals surface area contributed by atoms with Gasteiger partial charge in [0.25, 0.3) is 0 Å². The highest BCUT2D eigenvalue weighted by atomic mass is 15.3. The second kappa shape index (κ2) is 2.49. The Labute approximate surface area is 77.1 Å². The molecule has 0 unspecified atom stereocenters. The number of amidine groups is 1. The van der Waals surface area contributed by atoms with Crippen LogP contribution in [0.5, 0.6) is 0 Å². The summed E-state index contributed by atoms with van der Waals surface area (Å²) >= 11 is 0. The molecule has 3 rings (SSSR count). The zero-order valence-electron chi connectivity index (χ0n) is 7.33. The summed E-state index contributed by atoms with van der Waals surface area (Å²) < 4.78 is 0. The van der Waals surface area contributed by atoms with Crippen molar-refractivity contribution in [3.8, 4) is 0 Å². The molecule has 1 aromatic carbocycles. The Balaban J connectivity index is 2.12. The highest BCUT2D eigenvalue weighted by molar-refractivity contribution is 6.07. The van der Waals surface area contributed by atoms with Crippen LogP contribution in [0.15, 0.2) is 29.3 Å². The van der Waals surface area contributed by atoms with E-state index >= 15 is 0 Å². The Kier molecular flexibility index (Phi) is 1.33. The highest BCUT2D eigenvalue weighted by Gasteiger charge is 2.24. The molecular formula is C10H11N3. The van der Waals surface area contributed by atoms with Crippen molar-refractivity contribution in [2.45, 2.75) is 0 Å². The van der Waals surface area contributed by atoms with E-state index in [0.29, 0.717) is 0 Å². The summed E-state index contributed by atoms with van der Waals surface area (Å²) in [6.07, 6.45) is 0. The Morgan fingerprint density at radius 2 is 2.23 bits per heavy atom. The second-order valence-electron chi connectivity index (χ2n) is 3.32. The SMILES string of the molecule is c1ccc2c(c1)NCC1=NCCN12. The molecule has 13 heavy (non-hydrogen) atoms. The molecule has 66 valence electrons. The largest absolute Gasteiger partial charge is 0.376 e. The summed E-state index contributed by atoms with van der Waals surface area (Å²) in [4.78, 5) is 6.73. The number of para-hydroxylation sites is 2. The van der Waals surface area contributed by atoms with Crippen molar-refractivity contribution in [2.75, 3.05) is 29.9 Å². The first kappa shape index (κ1) is 6.95. The summed E-state index contributed by atoms with van der Waals surface area (Å²) in [5.74, 6) is 1.18. The minimum absolute atomic E-state index is 0.872. The number of hydrogen-bond donors (Lipinski definition) is 1. The first-order valence-electron chi connectivity index (χ1n) is 4.59. The van der Waals surface area contributed by atoms with Crippen molar-refractivity contribution in [1.29, 1.82) is 0 Å². The third kappa shape index (κ3) is 0.932. The lowest BCUT2D eigenvalue weighted by Crippen LogP contribution is -2.36. The van der Waals surface area contributed by atoms with Gasteiger partial charge in [0.2, 0.25) is 0 Å². The molecule has 0 aromatic heterocycles. The first-order valence-corrected chi connectivity index (χ1v) is 4.59. The maximum absolute atomic E-state index is 4.44. The molecule has 3 nitrogen and oxygen atoms in total. The molecule has 0 radical (unpaired) electrons. The molecule has 0 fully saturated rings. The maximum Gasteiger partial charge on any atom is 0.123 e. The molecule has 2 aliphatic heterocycles. The van der Waals surface area contributed by atoms with Crippen LogP contribution in [0.1, 0.15) is 0 Å². The lowest BCUT2D eigenvalue weighted by Gasteiger charge is -2.28. The highest BCUT2D eigenvalue weighted by Crippen LogP contribution is 2.30. The lowest BCUT2D eigenvalue weighted by molar-refractivity contribution is 1.01. The van der Waals surface area contributed by atoms with Crippen molar-refractivity contribution in [1.82, 2.24) is 0 Å². The van der Waals surface area contributed by atoms with Crippen LogP contribution >= 0.6 is 0 Å². The quantitative estimate of drug-likeness (QED) is 0.641. The Hall–Kier alpha value is -1.51. The van der Waals surface area contributed by atoms with Gasteiger partial charge in [-0.05, 0) is 12.1 Å². The third-order valence-electron chi connectivity index (χ3n) is 2.56. The summed E-state index contributed by atoms with van der Waals surface area (Å²) in [6, 6.07) is 8.39. The summed E-state index contributed by atoms with van der Waals surface area (Å²) in [6.45, 7) is 2.84.